The van der Waals surface area contributed by atoms with Crippen molar-refractivity contribution in [3.8, 4) is 6.01 Å². The smallest absolute Gasteiger partial charge is 0.416 e. The number of carbonyl (C=O) groups is 1. The molecule has 1 aliphatic heterocycles. The van der Waals surface area contributed by atoms with E-state index in [0.29, 0.717) is 44.1 Å². The van der Waals surface area contributed by atoms with Crippen LogP contribution < -0.4 is 15.4 Å². The first-order valence-electron chi connectivity index (χ1n) is 11.3. The molecule has 0 saturated carbocycles. The fourth-order valence-corrected chi connectivity index (χ4v) is 4.97. The monoisotopic (exact) mass is 493 g/mol. The lowest BCUT2D eigenvalue weighted by Gasteiger charge is -2.38. The van der Waals surface area contributed by atoms with Crippen LogP contribution in [-0.4, -0.2) is 54.1 Å². The van der Waals surface area contributed by atoms with Crippen LogP contribution in [0.3, 0.4) is 0 Å². The third kappa shape index (κ3) is 4.63. The fourth-order valence-electron chi connectivity index (χ4n) is 4.97. The summed E-state index contributed by atoms with van der Waals surface area (Å²) in [6.45, 7) is 7.32. The van der Waals surface area contributed by atoms with Crippen LogP contribution in [0.5, 0.6) is 6.01 Å². The molecule has 0 bridgehead atoms. The Hall–Kier alpha value is -3.37. The summed E-state index contributed by atoms with van der Waals surface area (Å²) in [7, 11) is 1.41. The van der Waals surface area contributed by atoms with Gasteiger partial charge in [0.25, 0.3) is 0 Å². The van der Waals surface area contributed by atoms with E-state index in [-0.39, 0.29) is 29.9 Å². The van der Waals surface area contributed by atoms with Crippen LogP contribution in [0.1, 0.15) is 35.2 Å². The van der Waals surface area contributed by atoms with E-state index >= 15 is 4.39 Å². The number of alkyl halides is 3. The molecule has 1 amide bonds. The lowest BCUT2D eigenvalue weighted by atomic mass is 9.73. The van der Waals surface area contributed by atoms with Crippen molar-refractivity contribution in [3.05, 3.63) is 53.0 Å². The van der Waals surface area contributed by atoms with Crippen molar-refractivity contribution in [2.45, 2.75) is 31.9 Å². The van der Waals surface area contributed by atoms with Gasteiger partial charge >= 0.3 is 12.2 Å². The molecule has 2 aliphatic rings. The molecule has 4 rings (SSSR count). The number of nitrogen functional groups attached to an aromatic ring is 1. The lowest BCUT2D eigenvalue weighted by molar-refractivity contribution is -0.138. The highest BCUT2D eigenvalue weighted by Gasteiger charge is 2.41. The van der Waals surface area contributed by atoms with Gasteiger partial charge < -0.3 is 20.3 Å². The molecule has 188 valence electrons. The quantitative estimate of drug-likeness (QED) is 0.398. The average Bonchev–Trinajstić information content (AvgIpc) is 2.83. The maximum Gasteiger partial charge on any atom is 0.416 e. The Labute approximate surface area is 200 Å². The summed E-state index contributed by atoms with van der Waals surface area (Å²) >= 11 is 0. The highest BCUT2D eigenvalue weighted by atomic mass is 19.4. The van der Waals surface area contributed by atoms with Crippen LogP contribution in [0.2, 0.25) is 0 Å². The van der Waals surface area contributed by atoms with Gasteiger partial charge in [0.15, 0.2) is 0 Å². The Morgan fingerprint density at radius 3 is 2.49 bits per heavy atom. The number of benzene rings is 1. The van der Waals surface area contributed by atoms with Gasteiger partial charge in [-0.2, -0.15) is 23.1 Å². The van der Waals surface area contributed by atoms with Gasteiger partial charge in [0, 0.05) is 37.3 Å². The molecule has 7 nitrogen and oxygen atoms in total. The first kappa shape index (κ1) is 24.7. The van der Waals surface area contributed by atoms with Gasteiger partial charge in [-0.25, -0.2) is 4.39 Å². The van der Waals surface area contributed by atoms with Gasteiger partial charge in [0.1, 0.15) is 11.6 Å². The van der Waals surface area contributed by atoms with Crippen LogP contribution in [0.15, 0.2) is 24.8 Å². The number of hydrogen-bond acceptors (Lipinski definition) is 6. The zero-order valence-electron chi connectivity index (χ0n) is 19.5. The number of amides is 1. The van der Waals surface area contributed by atoms with Gasteiger partial charge in [-0.05, 0) is 42.9 Å². The van der Waals surface area contributed by atoms with Crippen molar-refractivity contribution in [2.75, 3.05) is 43.9 Å². The molecule has 2 N–H and O–H groups in total. The maximum atomic E-state index is 15.0. The zero-order chi connectivity index (χ0) is 25.5. The van der Waals surface area contributed by atoms with Gasteiger partial charge in [0.2, 0.25) is 5.91 Å². The van der Waals surface area contributed by atoms with Crippen LogP contribution in [0, 0.1) is 11.7 Å². The number of halogens is 4. The van der Waals surface area contributed by atoms with E-state index < -0.39 is 29.0 Å². The molecule has 1 aromatic carbocycles. The van der Waals surface area contributed by atoms with E-state index in [4.69, 9.17) is 10.5 Å². The minimum Gasteiger partial charge on any atom is -0.467 e. The maximum absolute atomic E-state index is 15.0. The molecular weight excluding hydrogens is 466 g/mol. The summed E-state index contributed by atoms with van der Waals surface area (Å²) in [6.07, 6.45) is -3.00. The number of hydrogen-bond donors (Lipinski definition) is 1. The molecule has 35 heavy (non-hydrogen) atoms. The van der Waals surface area contributed by atoms with E-state index in [9.17, 15) is 18.0 Å². The number of aromatic nitrogens is 2. The highest BCUT2D eigenvalue weighted by molar-refractivity contribution is 5.87. The molecule has 1 aromatic heterocycles. The van der Waals surface area contributed by atoms with Crippen molar-refractivity contribution in [1.29, 1.82) is 0 Å². The fraction of sp³-hybridized carbons (Fsp3) is 0.458. The molecule has 2 atom stereocenters. The molecule has 2 aromatic rings. The molecule has 11 heteroatoms. The molecule has 1 saturated heterocycles. The van der Waals surface area contributed by atoms with Gasteiger partial charge in [-0.1, -0.05) is 13.5 Å². The van der Waals surface area contributed by atoms with E-state index in [1.165, 1.54) is 13.2 Å². The van der Waals surface area contributed by atoms with Crippen LogP contribution in [0.4, 0.5) is 29.1 Å². The number of fused-ring (bicyclic) bond motifs is 1. The predicted molar refractivity (Wildman–Crippen MR) is 123 cm³/mol. The number of piperazine rings is 1. The Bertz CT molecular complexity index is 1150. The molecule has 0 radical (unpaired) electrons. The Balaban J connectivity index is 1.72. The van der Waals surface area contributed by atoms with Crippen LogP contribution in [0.25, 0.3) is 0 Å². The SMILES string of the molecule is C=CC(=O)N1CCN(c2nc(OC)nc3c2C[C@@H](C)C(c2c(C(F)(F)F)ccc(N)c2F)C3)CC1. The molecule has 1 unspecified atom stereocenters. The predicted octanol–water partition coefficient (Wildman–Crippen LogP) is 3.58. The number of rotatable bonds is 4. The Kier molecular flexibility index (Phi) is 6.61. The Morgan fingerprint density at radius 2 is 1.89 bits per heavy atom. The molecule has 0 spiro atoms. The number of methoxy groups -OCH3 is 1. The van der Waals surface area contributed by atoms with Gasteiger partial charge in [0.05, 0.1) is 24.1 Å². The molecule has 1 fully saturated rings. The molecule has 1 aliphatic carbocycles. The van der Waals surface area contributed by atoms with Gasteiger partial charge in [-0.3, -0.25) is 4.79 Å². The summed E-state index contributed by atoms with van der Waals surface area (Å²) < 4.78 is 61.7. The second kappa shape index (κ2) is 9.35. The minimum atomic E-state index is -4.72. The number of anilines is 2. The van der Waals surface area contributed by atoms with Crippen molar-refractivity contribution >= 4 is 17.4 Å². The molecular formula is C24H27F4N5O2. The van der Waals surface area contributed by atoms with Crippen molar-refractivity contribution in [2.24, 2.45) is 5.92 Å². The summed E-state index contributed by atoms with van der Waals surface area (Å²) in [5.74, 6) is -1.67. The zero-order valence-corrected chi connectivity index (χ0v) is 19.5. The van der Waals surface area contributed by atoms with E-state index in [0.717, 1.165) is 17.7 Å². The first-order chi connectivity index (χ1) is 16.5. The van der Waals surface area contributed by atoms with E-state index in [1.54, 1.807) is 11.8 Å². The van der Waals surface area contributed by atoms with E-state index in [2.05, 4.69) is 16.5 Å². The molecule has 2 heterocycles. The van der Waals surface area contributed by atoms with Crippen LogP contribution >= 0.6 is 0 Å². The normalized spacial score (nSPS) is 20.4. The average molecular weight is 494 g/mol. The Morgan fingerprint density at radius 1 is 1.20 bits per heavy atom. The third-order valence-corrected chi connectivity index (χ3v) is 6.81. The number of nitrogens with two attached hydrogens (primary N) is 1. The summed E-state index contributed by atoms with van der Waals surface area (Å²) in [5, 5.41) is 0. The largest absolute Gasteiger partial charge is 0.467 e. The number of carbonyl (C=O) groups excluding carboxylic acids is 1. The topological polar surface area (TPSA) is 84.6 Å². The van der Waals surface area contributed by atoms with Crippen molar-refractivity contribution < 1.29 is 27.1 Å². The van der Waals surface area contributed by atoms with Gasteiger partial charge in [-0.15, -0.1) is 0 Å². The standard InChI is InChI=1S/C24H27F4N5O2/c1-4-19(34)32-7-9-33(10-8-32)22-15-11-13(2)14(12-18(15)30-23(31-22)35-3)20-16(24(26,27)28)5-6-17(29)21(20)25/h4-6,13-14H,1,7-12,29H2,2-3H3/t13-,14?/m1/s1. The minimum absolute atomic E-state index is 0.0840. The second-order valence-electron chi connectivity index (χ2n) is 8.90. The highest BCUT2D eigenvalue weighted by Crippen LogP contribution is 2.46. The first-order valence-corrected chi connectivity index (χ1v) is 11.3. The number of ether oxygens (including phenoxy) is 1. The number of nitrogens with zero attached hydrogens (tertiary/aromatic N) is 4. The lowest BCUT2D eigenvalue weighted by Crippen LogP contribution is -2.49. The second-order valence-corrected chi connectivity index (χ2v) is 8.90. The van der Waals surface area contributed by atoms with Crippen molar-refractivity contribution in [1.82, 2.24) is 14.9 Å². The summed E-state index contributed by atoms with van der Waals surface area (Å²) in [6, 6.07) is 1.87. The van der Waals surface area contributed by atoms with Crippen molar-refractivity contribution in [3.63, 3.8) is 0 Å². The summed E-state index contributed by atoms with van der Waals surface area (Å²) in [4.78, 5) is 24.6. The van der Waals surface area contributed by atoms with E-state index in [1.807, 2.05) is 4.90 Å². The summed E-state index contributed by atoms with van der Waals surface area (Å²) in [5.41, 5.74) is 5.22. The third-order valence-electron chi connectivity index (χ3n) is 6.81. The van der Waals surface area contributed by atoms with Crippen LogP contribution in [-0.2, 0) is 23.8 Å².